The molecule has 0 aliphatic rings. The first-order valence-corrected chi connectivity index (χ1v) is 13.5. The van der Waals surface area contributed by atoms with Crippen LogP contribution in [0.15, 0.2) is 90.3 Å². The Morgan fingerprint density at radius 3 is 2.41 bits per heavy atom. The summed E-state index contributed by atoms with van der Waals surface area (Å²) in [4.78, 5) is 32.4. The predicted molar refractivity (Wildman–Crippen MR) is 156 cm³/mol. The van der Waals surface area contributed by atoms with Crippen molar-refractivity contribution < 1.29 is 9.59 Å². The number of amides is 2. The van der Waals surface area contributed by atoms with E-state index in [4.69, 9.17) is 0 Å². The Morgan fingerprint density at radius 2 is 1.69 bits per heavy atom. The van der Waals surface area contributed by atoms with Gasteiger partial charge in [0.15, 0.2) is 0 Å². The quantitative estimate of drug-likeness (QED) is 0.276. The Kier molecular flexibility index (Phi) is 7.69. The number of hydrogen-bond donors (Lipinski definition) is 1. The van der Waals surface area contributed by atoms with E-state index in [1.54, 1.807) is 9.58 Å². The molecule has 0 radical (unpaired) electrons. The lowest BCUT2D eigenvalue weighted by Crippen LogP contribution is -2.42. The van der Waals surface area contributed by atoms with Gasteiger partial charge in [-0.05, 0) is 65.9 Å². The van der Waals surface area contributed by atoms with Crippen LogP contribution < -0.4 is 10.2 Å². The molecule has 1 N–H and O–H groups in total. The van der Waals surface area contributed by atoms with E-state index in [2.05, 4.69) is 15.6 Å². The molecule has 0 fully saturated rings. The van der Waals surface area contributed by atoms with Crippen molar-refractivity contribution in [2.45, 2.75) is 26.1 Å². The van der Waals surface area contributed by atoms with Crippen LogP contribution in [-0.4, -0.2) is 45.8 Å². The van der Waals surface area contributed by atoms with Crippen LogP contribution in [0.5, 0.6) is 0 Å². The Balaban J connectivity index is 1.50. The molecule has 0 spiro atoms. The standard InChI is InChI=1S/C30H30N6O2S/c1-21-9-4-5-10-22(21)19-35(28(37)20-36-26-12-7-6-11-25(26)32-33-36)29(27-13-8-18-39-27)30(38)31-23-14-16-24(17-15-23)34(2)3/h4-18,29H,19-20H2,1-3H3,(H,31,38)/t29-/m0/s1. The molecule has 5 aromatic rings. The number of hydrogen-bond acceptors (Lipinski definition) is 6. The third kappa shape index (κ3) is 5.83. The molecule has 0 bridgehead atoms. The molecule has 198 valence electrons. The molecule has 39 heavy (non-hydrogen) atoms. The number of carbonyl (C=O) groups is 2. The average molecular weight is 539 g/mol. The van der Waals surface area contributed by atoms with Gasteiger partial charge in [-0.2, -0.15) is 0 Å². The van der Waals surface area contributed by atoms with Gasteiger partial charge >= 0.3 is 0 Å². The monoisotopic (exact) mass is 538 g/mol. The molecule has 3 aromatic carbocycles. The maximum absolute atomic E-state index is 14.0. The van der Waals surface area contributed by atoms with Gasteiger partial charge in [-0.3, -0.25) is 9.59 Å². The van der Waals surface area contributed by atoms with Crippen molar-refractivity contribution in [3.05, 3.63) is 106 Å². The maximum atomic E-state index is 14.0. The van der Waals surface area contributed by atoms with Crippen LogP contribution in [0.25, 0.3) is 11.0 Å². The van der Waals surface area contributed by atoms with Gasteiger partial charge in [0, 0.05) is 36.9 Å². The van der Waals surface area contributed by atoms with Crippen molar-refractivity contribution in [1.82, 2.24) is 19.9 Å². The lowest BCUT2D eigenvalue weighted by molar-refractivity contribution is -0.140. The average Bonchev–Trinajstić information content (AvgIpc) is 3.60. The number of thiophene rings is 1. The number of para-hydroxylation sites is 1. The minimum atomic E-state index is -0.833. The summed E-state index contributed by atoms with van der Waals surface area (Å²) in [7, 11) is 3.93. The second-order valence-electron chi connectivity index (χ2n) is 9.53. The van der Waals surface area contributed by atoms with Crippen LogP contribution in [0.4, 0.5) is 11.4 Å². The zero-order valence-corrected chi connectivity index (χ0v) is 22.9. The molecule has 0 aliphatic heterocycles. The Labute approximate surface area is 231 Å². The number of rotatable bonds is 9. The van der Waals surface area contributed by atoms with Crippen LogP contribution in [0.2, 0.25) is 0 Å². The van der Waals surface area contributed by atoms with Crippen LogP contribution in [0.3, 0.4) is 0 Å². The third-order valence-corrected chi connectivity index (χ3v) is 7.58. The first-order chi connectivity index (χ1) is 18.9. The van der Waals surface area contributed by atoms with Gasteiger partial charge in [0.2, 0.25) is 5.91 Å². The summed E-state index contributed by atoms with van der Waals surface area (Å²) in [5.41, 5.74) is 5.19. The zero-order chi connectivity index (χ0) is 27.4. The fourth-order valence-corrected chi connectivity index (χ4v) is 5.31. The number of aromatic nitrogens is 3. The van der Waals surface area contributed by atoms with E-state index in [0.717, 1.165) is 27.2 Å². The largest absolute Gasteiger partial charge is 0.378 e. The molecule has 2 aromatic heterocycles. The third-order valence-electron chi connectivity index (χ3n) is 6.65. The van der Waals surface area contributed by atoms with Crippen LogP contribution in [-0.2, 0) is 22.7 Å². The number of fused-ring (bicyclic) bond motifs is 1. The van der Waals surface area contributed by atoms with E-state index < -0.39 is 6.04 Å². The molecule has 0 unspecified atom stereocenters. The summed E-state index contributed by atoms with van der Waals surface area (Å²) in [5, 5.41) is 13.4. The van der Waals surface area contributed by atoms with Crippen LogP contribution in [0, 0.1) is 6.92 Å². The van der Waals surface area contributed by atoms with Gasteiger partial charge in [0.05, 0.1) is 5.52 Å². The highest BCUT2D eigenvalue weighted by Gasteiger charge is 2.33. The minimum absolute atomic E-state index is 0.0426. The summed E-state index contributed by atoms with van der Waals surface area (Å²) in [6.45, 7) is 2.24. The fraction of sp³-hybridized carbons (Fsp3) is 0.200. The number of nitrogens with zero attached hydrogens (tertiary/aromatic N) is 5. The molecule has 2 amide bonds. The highest BCUT2D eigenvalue weighted by Crippen LogP contribution is 2.30. The molecule has 0 aliphatic carbocycles. The van der Waals surface area contributed by atoms with Crippen molar-refractivity contribution in [1.29, 1.82) is 0 Å². The summed E-state index contributed by atoms with van der Waals surface area (Å²) >= 11 is 1.45. The topological polar surface area (TPSA) is 83.4 Å². The number of carbonyl (C=O) groups excluding carboxylic acids is 2. The van der Waals surface area contributed by atoms with E-state index in [9.17, 15) is 9.59 Å². The second-order valence-corrected chi connectivity index (χ2v) is 10.5. The molecule has 0 saturated carbocycles. The van der Waals surface area contributed by atoms with E-state index >= 15 is 0 Å². The summed E-state index contributed by atoms with van der Waals surface area (Å²) in [5.74, 6) is -0.508. The minimum Gasteiger partial charge on any atom is -0.378 e. The van der Waals surface area contributed by atoms with Crippen molar-refractivity contribution in [2.75, 3.05) is 24.3 Å². The molecule has 9 heteroatoms. The molecular weight excluding hydrogens is 508 g/mol. The first-order valence-electron chi connectivity index (χ1n) is 12.6. The Hall–Kier alpha value is -4.50. The normalized spacial score (nSPS) is 11.8. The molecular formula is C30H30N6O2S. The van der Waals surface area contributed by atoms with E-state index in [-0.39, 0.29) is 24.9 Å². The van der Waals surface area contributed by atoms with Crippen LogP contribution >= 0.6 is 11.3 Å². The summed E-state index contributed by atoms with van der Waals surface area (Å²) < 4.78 is 1.59. The SMILES string of the molecule is Cc1ccccc1CN(C(=O)Cn1nnc2ccccc21)[C@H](C(=O)Nc1ccc(N(C)C)cc1)c1cccs1. The van der Waals surface area contributed by atoms with Crippen molar-refractivity contribution in [3.63, 3.8) is 0 Å². The summed E-state index contributed by atoms with van der Waals surface area (Å²) in [6, 6.07) is 26.0. The highest BCUT2D eigenvalue weighted by molar-refractivity contribution is 7.10. The van der Waals surface area contributed by atoms with Gasteiger partial charge in [-0.25, -0.2) is 4.68 Å². The molecule has 1 atom stereocenters. The van der Waals surface area contributed by atoms with Gasteiger partial charge in [-0.1, -0.05) is 47.7 Å². The zero-order valence-electron chi connectivity index (χ0n) is 22.1. The number of anilines is 2. The van der Waals surface area contributed by atoms with Crippen molar-refractivity contribution >= 4 is 45.6 Å². The second kappa shape index (κ2) is 11.5. The van der Waals surface area contributed by atoms with Crippen LogP contribution in [0.1, 0.15) is 22.0 Å². The van der Waals surface area contributed by atoms with E-state index in [1.807, 2.05) is 116 Å². The molecule has 2 heterocycles. The van der Waals surface area contributed by atoms with E-state index in [1.165, 1.54) is 11.3 Å². The van der Waals surface area contributed by atoms with Crippen molar-refractivity contribution in [3.8, 4) is 0 Å². The number of aryl methyl sites for hydroxylation is 1. The Bertz CT molecular complexity index is 1580. The first kappa shape index (κ1) is 26.1. The number of nitrogens with one attached hydrogen (secondary N) is 1. The lowest BCUT2D eigenvalue weighted by atomic mass is 10.1. The maximum Gasteiger partial charge on any atom is 0.252 e. The van der Waals surface area contributed by atoms with Gasteiger partial charge < -0.3 is 15.1 Å². The van der Waals surface area contributed by atoms with Gasteiger partial charge in [-0.15, -0.1) is 16.4 Å². The Morgan fingerprint density at radius 1 is 0.949 bits per heavy atom. The number of benzene rings is 3. The van der Waals surface area contributed by atoms with E-state index in [0.29, 0.717) is 11.2 Å². The molecule has 8 nitrogen and oxygen atoms in total. The lowest BCUT2D eigenvalue weighted by Gasteiger charge is -2.31. The highest BCUT2D eigenvalue weighted by atomic mass is 32.1. The molecule has 5 rings (SSSR count). The molecule has 0 saturated heterocycles. The smallest absolute Gasteiger partial charge is 0.252 e. The van der Waals surface area contributed by atoms with Gasteiger partial charge in [0.25, 0.3) is 5.91 Å². The summed E-state index contributed by atoms with van der Waals surface area (Å²) in [6.07, 6.45) is 0. The van der Waals surface area contributed by atoms with Gasteiger partial charge in [0.1, 0.15) is 18.1 Å². The van der Waals surface area contributed by atoms with Crippen molar-refractivity contribution in [2.24, 2.45) is 0 Å². The predicted octanol–water partition coefficient (Wildman–Crippen LogP) is 5.28. The fourth-order valence-electron chi connectivity index (χ4n) is 4.47.